The number of fused-ring (bicyclic) bond motifs is 1. The number of rotatable bonds is 11. The molecule has 8 heteroatoms. The Kier molecular flexibility index (Phi) is 9.86. The van der Waals surface area contributed by atoms with Crippen molar-refractivity contribution >= 4 is 32.7 Å². The number of aryl methyl sites for hydroxylation is 1. The zero-order chi connectivity index (χ0) is 29.7. The molecule has 0 N–H and O–H groups in total. The maximum atomic E-state index is 14.1. The third-order valence-corrected chi connectivity index (χ3v) is 7.97. The maximum absolute atomic E-state index is 14.1. The van der Waals surface area contributed by atoms with Crippen LogP contribution in [0.2, 0.25) is 0 Å². The van der Waals surface area contributed by atoms with Crippen LogP contribution in [0.15, 0.2) is 69.9 Å². The highest BCUT2D eigenvalue weighted by molar-refractivity contribution is 9.10. The third kappa shape index (κ3) is 6.48. The van der Waals surface area contributed by atoms with Gasteiger partial charge in [-0.15, -0.1) is 0 Å². The van der Waals surface area contributed by atoms with Gasteiger partial charge in [-0.1, -0.05) is 51.5 Å². The van der Waals surface area contributed by atoms with Crippen molar-refractivity contribution < 1.29 is 14.3 Å². The van der Waals surface area contributed by atoms with E-state index in [1.165, 1.54) is 5.56 Å². The first-order valence-corrected chi connectivity index (χ1v) is 14.8. The molecule has 1 unspecified atom stereocenters. The van der Waals surface area contributed by atoms with E-state index < -0.39 is 6.04 Å². The molecule has 7 nitrogen and oxygen atoms in total. The van der Waals surface area contributed by atoms with Crippen molar-refractivity contribution in [2.75, 3.05) is 20.8 Å². The molecule has 1 aromatic heterocycles. The lowest BCUT2D eigenvalue weighted by atomic mass is 10.0. The monoisotopic (exact) mass is 619 g/mol. The second kappa shape index (κ2) is 13.3. The molecule has 0 aliphatic heterocycles. The predicted molar refractivity (Wildman–Crippen MR) is 167 cm³/mol. The number of nitrogens with zero attached hydrogens (tertiary/aromatic N) is 3. The maximum Gasteiger partial charge on any atom is 0.266 e. The van der Waals surface area contributed by atoms with Crippen LogP contribution >= 0.6 is 15.9 Å². The number of hydrogen-bond donors (Lipinski definition) is 0. The van der Waals surface area contributed by atoms with Crippen LogP contribution in [-0.2, 0) is 6.42 Å². The molecule has 41 heavy (non-hydrogen) atoms. The lowest BCUT2D eigenvalue weighted by molar-refractivity contribution is 0.0655. The second-order valence-corrected chi connectivity index (χ2v) is 11.4. The molecular weight excluding hydrogens is 582 g/mol. The number of ether oxygens (including phenoxy) is 2. The summed E-state index contributed by atoms with van der Waals surface area (Å²) in [6.45, 7) is 8.73. The zero-order valence-corrected chi connectivity index (χ0v) is 26.2. The van der Waals surface area contributed by atoms with Gasteiger partial charge < -0.3 is 14.4 Å². The highest BCUT2D eigenvalue weighted by Gasteiger charge is 2.29. The number of aromatic nitrogens is 2. The average molecular weight is 621 g/mol. The standard InChI is InChI=1S/C33H38BrN3O4/c1-7-8-11-23-14-16-24(17-15-23)32(38)36(20-21(2)3)22(4)31-35-27-13-10-9-12-26(27)33(39)37(31)28-18-25(40-5)19-29(41-6)30(28)34/h9-10,12-19,21-22H,7-8,11,20H2,1-6H3. The molecule has 0 aliphatic rings. The third-order valence-electron chi connectivity index (χ3n) is 7.18. The molecule has 0 spiro atoms. The quantitative estimate of drug-likeness (QED) is 0.175. The number of unbranched alkanes of at least 4 members (excludes halogenated alkanes) is 1. The Bertz CT molecular complexity index is 1580. The van der Waals surface area contributed by atoms with Gasteiger partial charge in [-0.2, -0.15) is 0 Å². The van der Waals surface area contributed by atoms with Crippen LogP contribution in [0.25, 0.3) is 16.6 Å². The number of hydrogen-bond acceptors (Lipinski definition) is 5. The number of halogens is 1. The first-order valence-electron chi connectivity index (χ1n) is 14.0. The molecule has 0 saturated carbocycles. The van der Waals surface area contributed by atoms with E-state index >= 15 is 0 Å². The molecule has 4 rings (SSSR count). The summed E-state index contributed by atoms with van der Waals surface area (Å²) in [5.74, 6) is 1.56. The first-order chi connectivity index (χ1) is 19.7. The Morgan fingerprint density at radius 2 is 1.73 bits per heavy atom. The number of methoxy groups -OCH3 is 2. The van der Waals surface area contributed by atoms with E-state index in [0.717, 1.165) is 19.3 Å². The van der Waals surface area contributed by atoms with Crippen LogP contribution in [0.1, 0.15) is 68.3 Å². The minimum atomic E-state index is -0.536. The molecule has 4 aromatic rings. The Morgan fingerprint density at radius 1 is 1.02 bits per heavy atom. The van der Waals surface area contributed by atoms with E-state index in [1.54, 1.807) is 37.0 Å². The lowest BCUT2D eigenvalue weighted by Crippen LogP contribution is -2.39. The highest BCUT2D eigenvalue weighted by Crippen LogP contribution is 2.37. The molecule has 0 radical (unpaired) electrons. The summed E-state index contributed by atoms with van der Waals surface area (Å²) in [6.07, 6.45) is 3.22. The second-order valence-electron chi connectivity index (χ2n) is 10.6. The number of amides is 1. The van der Waals surface area contributed by atoms with Gasteiger partial charge in [0.1, 0.15) is 17.3 Å². The topological polar surface area (TPSA) is 73.7 Å². The van der Waals surface area contributed by atoms with Crippen molar-refractivity contribution in [3.8, 4) is 17.2 Å². The minimum absolute atomic E-state index is 0.107. The van der Waals surface area contributed by atoms with E-state index in [9.17, 15) is 9.59 Å². The summed E-state index contributed by atoms with van der Waals surface area (Å²) in [5, 5.41) is 0.474. The van der Waals surface area contributed by atoms with Crippen molar-refractivity contribution in [1.29, 1.82) is 0 Å². The molecule has 1 amide bonds. The minimum Gasteiger partial charge on any atom is -0.497 e. The SMILES string of the molecule is CCCCc1ccc(C(=O)N(CC(C)C)C(C)c2nc3ccccc3c(=O)n2-c2cc(OC)cc(OC)c2Br)cc1. The zero-order valence-electron chi connectivity index (χ0n) is 24.6. The van der Waals surface area contributed by atoms with Gasteiger partial charge >= 0.3 is 0 Å². The van der Waals surface area contributed by atoms with Crippen LogP contribution < -0.4 is 15.0 Å². The summed E-state index contributed by atoms with van der Waals surface area (Å²) in [5.41, 5.74) is 2.67. The van der Waals surface area contributed by atoms with E-state index in [2.05, 4.69) is 36.7 Å². The van der Waals surface area contributed by atoms with Gasteiger partial charge in [-0.05, 0) is 71.4 Å². The summed E-state index contributed by atoms with van der Waals surface area (Å²) >= 11 is 3.64. The van der Waals surface area contributed by atoms with Gasteiger partial charge in [0.05, 0.1) is 41.3 Å². The molecule has 1 atom stereocenters. The van der Waals surface area contributed by atoms with Gasteiger partial charge in [0.15, 0.2) is 0 Å². The first kappa shape index (κ1) is 30.3. The van der Waals surface area contributed by atoms with Crippen LogP contribution in [-0.4, -0.2) is 41.1 Å². The van der Waals surface area contributed by atoms with Crippen molar-refractivity contribution in [1.82, 2.24) is 14.5 Å². The Labute approximate surface area is 250 Å². The summed E-state index contributed by atoms with van der Waals surface area (Å²) < 4.78 is 13.3. The lowest BCUT2D eigenvalue weighted by Gasteiger charge is -2.32. The Balaban J connectivity index is 1.91. The van der Waals surface area contributed by atoms with Crippen LogP contribution in [0.5, 0.6) is 11.5 Å². The molecular formula is C33H38BrN3O4. The van der Waals surface area contributed by atoms with Crippen molar-refractivity contribution in [2.24, 2.45) is 5.92 Å². The highest BCUT2D eigenvalue weighted by atomic mass is 79.9. The largest absolute Gasteiger partial charge is 0.497 e. The Hall–Kier alpha value is -3.65. The molecule has 3 aromatic carbocycles. The van der Waals surface area contributed by atoms with Gasteiger partial charge in [-0.25, -0.2) is 4.98 Å². The average Bonchev–Trinajstić information content (AvgIpc) is 2.98. The van der Waals surface area contributed by atoms with Crippen molar-refractivity contribution in [3.63, 3.8) is 0 Å². The van der Waals surface area contributed by atoms with Gasteiger partial charge in [0.2, 0.25) is 0 Å². The predicted octanol–water partition coefficient (Wildman–Crippen LogP) is 7.37. The fourth-order valence-electron chi connectivity index (χ4n) is 4.96. The number of carbonyl (C=O) groups excluding carboxylic acids is 1. The van der Waals surface area contributed by atoms with Crippen LogP contribution in [0.3, 0.4) is 0 Å². The summed E-state index contributed by atoms with van der Waals surface area (Å²) in [6, 6.07) is 18.1. The molecule has 1 heterocycles. The molecule has 0 fully saturated rings. The van der Waals surface area contributed by atoms with Gasteiger partial charge in [0, 0.05) is 24.2 Å². The van der Waals surface area contributed by atoms with E-state index in [0.29, 0.717) is 50.5 Å². The molecule has 216 valence electrons. The van der Waals surface area contributed by atoms with Crippen molar-refractivity contribution in [3.05, 3.63) is 92.4 Å². The van der Waals surface area contributed by atoms with Crippen LogP contribution in [0, 0.1) is 5.92 Å². The normalized spacial score (nSPS) is 12.0. The van der Waals surface area contributed by atoms with Gasteiger partial charge in [0.25, 0.3) is 11.5 Å². The molecule has 0 aliphatic carbocycles. The van der Waals surface area contributed by atoms with Crippen LogP contribution in [0.4, 0.5) is 0 Å². The van der Waals surface area contributed by atoms with E-state index in [1.807, 2.05) is 54.3 Å². The number of para-hydroxylation sites is 1. The Morgan fingerprint density at radius 3 is 2.37 bits per heavy atom. The van der Waals surface area contributed by atoms with Gasteiger partial charge in [-0.3, -0.25) is 14.2 Å². The number of carbonyl (C=O) groups is 1. The fraction of sp³-hybridized carbons (Fsp3) is 0.364. The smallest absolute Gasteiger partial charge is 0.266 e. The van der Waals surface area contributed by atoms with Crippen molar-refractivity contribution in [2.45, 2.75) is 53.0 Å². The number of benzene rings is 3. The van der Waals surface area contributed by atoms with E-state index in [4.69, 9.17) is 14.5 Å². The molecule has 0 saturated heterocycles. The van der Waals surface area contributed by atoms with E-state index in [-0.39, 0.29) is 17.4 Å². The summed E-state index contributed by atoms with van der Waals surface area (Å²) in [7, 11) is 3.12. The fourth-order valence-corrected chi connectivity index (χ4v) is 5.53. The molecule has 0 bridgehead atoms. The summed E-state index contributed by atoms with van der Waals surface area (Å²) in [4.78, 5) is 35.0.